The SMILES string of the molecule is Cc1cccc(OCCn2c(CCNC(=O)c3ccc(F)cc3)nc3ccccc32)c1. The van der Waals surface area contributed by atoms with Crippen molar-refractivity contribution in [2.75, 3.05) is 13.2 Å². The quantitative estimate of drug-likeness (QED) is 0.458. The third-order valence-corrected chi connectivity index (χ3v) is 5.05. The number of fused-ring (bicyclic) bond motifs is 1. The van der Waals surface area contributed by atoms with E-state index in [9.17, 15) is 9.18 Å². The van der Waals surface area contributed by atoms with E-state index in [1.807, 2.05) is 55.5 Å². The van der Waals surface area contributed by atoms with Crippen LogP contribution in [0, 0.1) is 12.7 Å². The van der Waals surface area contributed by atoms with Gasteiger partial charge in [-0.2, -0.15) is 0 Å². The summed E-state index contributed by atoms with van der Waals surface area (Å²) in [7, 11) is 0. The van der Waals surface area contributed by atoms with E-state index in [1.54, 1.807) is 0 Å². The van der Waals surface area contributed by atoms with Crippen molar-refractivity contribution in [3.63, 3.8) is 0 Å². The molecule has 1 heterocycles. The molecule has 1 N–H and O–H groups in total. The standard InChI is InChI=1S/C25H24FN3O2/c1-18-5-4-6-21(17-18)31-16-15-29-23-8-3-2-7-22(23)28-24(29)13-14-27-25(30)19-9-11-20(26)12-10-19/h2-12,17H,13-16H2,1H3,(H,27,30). The lowest BCUT2D eigenvalue weighted by Crippen LogP contribution is -2.26. The Labute approximate surface area is 180 Å². The Morgan fingerprint density at radius 3 is 2.68 bits per heavy atom. The molecule has 0 aliphatic heterocycles. The summed E-state index contributed by atoms with van der Waals surface area (Å²) in [4.78, 5) is 17.0. The maximum atomic E-state index is 13.0. The molecule has 0 unspecified atom stereocenters. The fraction of sp³-hybridized carbons (Fsp3) is 0.200. The van der Waals surface area contributed by atoms with Gasteiger partial charge in [0.25, 0.3) is 5.91 Å². The van der Waals surface area contributed by atoms with Crippen LogP contribution < -0.4 is 10.1 Å². The summed E-state index contributed by atoms with van der Waals surface area (Å²) in [5.41, 5.74) is 3.54. The fourth-order valence-electron chi connectivity index (χ4n) is 3.52. The highest BCUT2D eigenvalue weighted by Gasteiger charge is 2.12. The summed E-state index contributed by atoms with van der Waals surface area (Å²) in [6.07, 6.45) is 0.575. The topological polar surface area (TPSA) is 56.1 Å². The lowest BCUT2D eigenvalue weighted by atomic mass is 10.2. The number of imidazole rings is 1. The molecule has 0 atom stereocenters. The molecule has 1 aromatic heterocycles. The molecular weight excluding hydrogens is 393 g/mol. The van der Waals surface area contributed by atoms with E-state index in [1.165, 1.54) is 24.3 Å². The number of benzene rings is 3. The molecule has 0 fully saturated rings. The first-order valence-electron chi connectivity index (χ1n) is 10.3. The lowest BCUT2D eigenvalue weighted by Gasteiger charge is -2.12. The van der Waals surface area contributed by atoms with Gasteiger partial charge in [0, 0.05) is 18.5 Å². The molecule has 1 amide bonds. The highest BCUT2D eigenvalue weighted by molar-refractivity contribution is 5.94. The average molecular weight is 417 g/mol. The Morgan fingerprint density at radius 1 is 1.06 bits per heavy atom. The number of hydrogen-bond acceptors (Lipinski definition) is 3. The van der Waals surface area contributed by atoms with Crippen LogP contribution in [0.3, 0.4) is 0 Å². The summed E-state index contributed by atoms with van der Waals surface area (Å²) in [6, 6.07) is 21.5. The molecule has 0 saturated carbocycles. The van der Waals surface area contributed by atoms with Crippen LogP contribution in [0.15, 0.2) is 72.8 Å². The summed E-state index contributed by atoms with van der Waals surface area (Å²) in [5, 5.41) is 2.88. The lowest BCUT2D eigenvalue weighted by molar-refractivity contribution is 0.0954. The number of aryl methyl sites for hydroxylation is 1. The maximum Gasteiger partial charge on any atom is 0.251 e. The number of ether oxygens (including phenoxy) is 1. The third kappa shape index (κ3) is 5.09. The Bertz CT molecular complexity index is 1190. The van der Waals surface area contributed by atoms with Gasteiger partial charge in [-0.1, -0.05) is 24.3 Å². The molecule has 4 rings (SSSR count). The second-order valence-electron chi connectivity index (χ2n) is 7.35. The number of para-hydroxylation sites is 2. The zero-order valence-corrected chi connectivity index (χ0v) is 17.3. The molecule has 0 saturated heterocycles. The maximum absolute atomic E-state index is 13.0. The monoisotopic (exact) mass is 417 g/mol. The fourth-order valence-corrected chi connectivity index (χ4v) is 3.52. The molecule has 0 radical (unpaired) electrons. The summed E-state index contributed by atoms with van der Waals surface area (Å²) in [6.45, 7) is 3.63. The number of hydrogen-bond donors (Lipinski definition) is 1. The second kappa shape index (κ2) is 9.43. The van der Waals surface area contributed by atoms with Crippen molar-refractivity contribution in [3.05, 3.63) is 95.6 Å². The van der Waals surface area contributed by atoms with Crippen molar-refractivity contribution in [1.82, 2.24) is 14.9 Å². The van der Waals surface area contributed by atoms with Crippen molar-refractivity contribution in [3.8, 4) is 5.75 Å². The minimum Gasteiger partial charge on any atom is -0.492 e. The smallest absolute Gasteiger partial charge is 0.251 e. The first-order valence-corrected chi connectivity index (χ1v) is 10.3. The Morgan fingerprint density at radius 2 is 1.87 bits per heavy atom. The molecule has 0 bridgehead atoms. The van der Waals surface area contributed by atoms with Crippen molar-refractivity contribution < 1.29 is 13.9 Å². The van der Waals surface area contributed by atoms with E-state index in [-0.39, 0.29) is 11.7 Å². The van der Waals surface area contributed by atoms with Crippen molar-refractivity contribution in [2.45, 2.75) is 19.9 Å². The largest absolute Gasteiger partial charge is 0.492 e. The van der Waals surface area contributed by atoms with Crippen LogP contribution >= 0.6 is 0 Å². The van der Waals surface area contributed by atoms with Gasteiger partial charge in [-0.15, -0.1) is 0 Å². The van der Waals surface area contributed by atoms with Gasteiger partial charge < -0.3 is 14.6 Å². The van der Waals surface area contributed by atoms with E-state index in [4.69, 9.17) is 9.72 Å². The van der Waals surface area contributed by atoms with Crippen LogP contribution in [0.2, 0.25) is 0 Å². The molecule has 0 aliphatic rings. The highest BCUT2D eigenvalue weighted by Crippen LogP contribution is 2.17. The summed E-state index contributed by atoms with van der Waals surface area (Å²) >= 11 is 0. The van der Waals surface area contributed by atoms with Crippen LogP contribution in [-0.2, 0) is 13.0 Å². The Hall–Kier alpha value is -3.67. The molecule has 3 aromatic carbocycles. The number of carbonyl (C=O) groups excluding carboxylic acids is 1. The number of rotatable bonds is 8. The molecule has 0 aliphatic carbocycles. The van der Waals surface area contributed by atoms with Gasteiger partial charge in [0.1, 0.15) is 24.0 Å². The van der Waals surface area contributed by atoms with Crippen LogP contribution in [0.5, 0.6) is 5.75 Å². The summed E-state index contributed by atoms with van der Waals surface area (Å²) < 4.78 is 21.1. The van der Waals surface area contributed by atoms with Gasteiger partial charge in [-0.25, -0.2) is 9.37 Å². The van der Waals surface area contributed by atoms with Crippen LogP contribution in [0.25, 0.3) is 11.0 Å². The molecule has 4 aromatic rings. The van der Waals surface area contributed by atoms with E-state index in [0.717, 1.165) is 28.2 Å². The highest BCUT2D eigenvalue weighted by atomic mass is 19.1. The molecule has 31 heavy (non-hydrogen) atoms. The van der Waals surface area contributed by atoms with Gasteiger partial charge in [0.2, 0.25) is 0 Å². The van der Waals surface area contributed by atoms with Gasteiger partial charge >= 0.3 is 0 Å². The minimum absolute atomic E-state index is 0.231. The Balaban J connectivity index is 1.42. The van der Waals surface area contributed by atoms with Crippen LogP contribution in [0.4, 0.5) is 4.39 Å². The van der Waals surface area contributed by atoms with Crippen molar-refractivity contribution in [2.24, 2.45) is 0 Å². The average Bonchev–Trinajstić information content (AvgIpc) is 3.12. The first-order chi connectivity index (χ1) is 15.1. The molecule has 158 valence electrons. The molecular formula is C25H24FN3O2. The predicted molar refractivity (Wildman–Crippen MR) is 119 cm³/mol. The minimum atomic E-state index is -0.363. The van der Waals surface area contributed by atoms with E-state index < -0.39 is 0 Å². The Kier molecular flexibility index (Phi) is 6.26. The van der Waals surface area contributed by atoms with E-state index >= 15 is 0 Å². The second-order valence-corrected chi connectivity index (χ2v) is 7.35. The van der Waals surface area contributed by atoms with Crippen LogP contribution in [-0.4, -0.2) is 28.6 Å². The molecule has 5 nitrogen and oxygen atoms in total. The number of carbonyl (C=O) groups is 1. The molecule has 6 heteroatoms. The van der Waals surface area contributed by atoms with Crippen molar-refractivity contribution in [1.29, 1.82) is 0 Å². The summed E-state index contributed by atoms with van der Waals surface area (Å²) in [5.74, 6) is 1.13. The van der Waals surface area contributed by atoms with Crippen molar-refractivity contribution >= 4 is 16.9 Å². The third-order valence-electron chi connectivity index (χ3n) is 5.05. The normalized spacial score (nSPS) is 10.9. The van der Waals surface area contributed by atoms with Gasteiger partial charge in [-0.3, -0.25) is 4.79 Å². The van der Waals surface area contributed by atoms with E-state index in [2.05, 4.69) is 9.88 Å². The zero-order valence-electron chi connectivity index (χ0n) is 17.3. The first kappa shape index (κ1) is 20.6. The number of nitrogens with zero attached hydrogens (tertiary/aromatic N) is 2. The predicted octanol–water partition coefficient (Wildman–Crippen LogP) is 4.54. The van der Waals surface area contributed by atoms with Gasteiger partial charge in [0.05, 0.1) is 17.6 Å². The molecule has 0 spiro atoms. The van der Waals surface area contributed by atoms with E-state index in [0.29, 0.717) is 31.7 Å². The number of halogens is 1. The number of nitrogens with one attached hydrogen (secondary N) is 1. The number of amides is 1. The van der Waals surface area contributed by atoms with Crippen LogP contribution in [0.1, 0.15) is 21.7 Å². The van der Waals surface area contributed by atoms with Gasteiger partial charge in [0.15, 0.2) is 0 Å². The zero-order chi connectivity index (χ0) is 21.6. The van der Waals surface area contributed by atoms with Gasteiger partial charge in [-0.05, 0) is 61.0 Å². The number of aromatic nitrogens is 2.